The van der Waals surface area contributed by atoms with Crippen LogP contribution < -0.4 is 9.64 Å². The molecular formula is C21H21ClN2O4S2. The van der Waals surface area contributed by atoms with Crippen molar-refractivity contribution in [2.24, 2.45) is 4.99 Å². The Kier molecular flexibility index (Phi) is 5.83. The summed E-state index contributed by atoms with van der Waals surface area (Å²) in [6, 6.07) is 12.4. The SMILES string of the molecule is Cc1cccc(C)c1N1C(=NC(=O)COc2ccc(Cl)cc2)S[C@@H]2CS(=O)(=O)C[C@@H]21. The maximum atomic E-state index is 12.5. The normalized spacial score (nSPS) is 23.6. The van der Waals surface area contributed by atoms with Gasteiger partial charge in [0.25, 0.3) is 5.91 Å². The van der Waals surface area contributed by atoms with Gasteiger partial charge in [-0.05, 0) is 49.2 Å². The summed E-state index contributed by atoms with van der Waals surface area (Å²) >= 11 is 7.22. The standard InChI is InChI=1S/C21H21ClN2O4S2/c1-13-4-3-5-14(2)20(13)24-17-11-30(26,27)12-18(17)29-21(24)23-19(25)10-28-16-8-6-15(22)7-9-16/h3-9,17-18H,10-12H2,1-2H3/t17-,18+/m0/s1. The van der Waals surface area contributed by atoms with Crippen LogP contribution in [0.1, 0.15) is 11.1 Å². The zero-order chi connectivity index (χ0) is 21.5. The van der Waals surface area contributed by atoms with Crippen LogP contribution in [-0.2, 0) is 14.6 Å². The minimum absolute atomic E-state index is 0.0624. The highest BCUT2D eigenvalue weighted by molar-refractivity contribution is 8.16. The number of ether oxygens (including phenoxy) is 1. The number of aryl methyl sites for hydroxylation is 2. The van der Waals surface area contributed by atoms with Gasteiger partial charge in [-0.2, -0.15) is 4.99 Å². The molecule has 2 saturated heterocycles. The van der Waals surface area contributed by atoms with E-state index in [-0.39, 0.29) is 29.4 Å². The number of amides is 1. The number of aliphatic imine (C=N–C) groups is 1. The number of carbonyl (C=O) groups excluding carboxylic acids is 1. The van der Waals surface area contributed by atoms with E-state index in [0.29, 0.717) is 15.9 Å². The number of hydrogen-bond donors (Lipinski definition) is 0. The monoisotopic (exact) mass is 464 g/mol. The van der Waals surface area contributed by atoms with Gasteiger partial charge in [-0.15, -0.1) is 0 Å². The van der Waals surface area contributed by atoms with Crippen molar-refractivity contribution in [3.63, 3.8) is 0 Å². The second-order valence-electron chi connectivity index (χ2n) is 7.44. The predicted octanol–water partition coefficient (Wildman–Crippen LogP) is 3.64. The van der Waals surface area contributed by atoms with Gasteiger partial charge in [0, 0.05) is 16.0 Å². The second-order valence-corrected chi connectivity index (χ2v) is 11.2. The molecule has 2 fully saturated rings. The van der Waals surface area contributed by atoms with Crippen LogP contribution in [0.25, 0.3) is 0 Å². The summed E-state index contributed by atoms with van der Waals surface area (Å²) < 4.78 is 30.0. The summed E-state index contributed by atoms with van der Waals surface area (Å²) in [5.74, 6) is 0.263. The fourth-order valence-electron chi connectivity index (χ4n) is 3.83. The number of nitrogens with zero attached hydrogens (tertiary/aromatic N) is 2. The van der Waals surface area contributed by atoms with Gasteiger partial charge in [0.15, 0.2) is 21.6 Å². The first kappa shape index (κ1) is 21.2. The van der Waals surface area contributed by atoms with E-state index in [0.717, 1.165) is 16.8 Å². The van der Waals surface area contributed by atoms with Gasteiger partial charge in [0.1, 0.15) is 5.75 Å². The van der Waals surface area contributed by atoms with Crippen molar-refractivity contribution in [2.75, 3.05) is 23.0 Å². The summed E-state index contributed by atoms with van der Waals surface area (Å²) in [4.78, 5) is 18.8. The number of benzene rings is 2. The molecule has 0 radical (unpaired) electrons. The third-order valence-electron chi connectivity index (χ3n) is 5.14. The van der Waals surface area contributed by atoms with Gasteiger partial charge in [-0.1, -0.05) is 41.6 Å². The number of fused-ring (bicyclic) bond motifs is 1. The predicted molar refractivity (Wildman–Crippen MR) is 122 cm³/mol. The molecule has 4 rings (SSSR count). The van der Waals surface area contributed by atoms with Crippen molar-refractivity contribution in [1.82, 2.24) is 0 Å². The molecule has 158 valence electrons. The highest BCUT2D eigenvalue weighted by Crippen LogP contribution is 2.43. The molecule has 0 bridgehead atoms. The van der Waals surface area contributed by atoms with Crippen molar-refractivity contribution in [1.29, 1.82) is 0 Å². The Labute approximate surface area is 185 Å². The van der Waals surface area contributed by atoms with Crippen LogP contribution in [0.5, 0.6) is 5.75 Å². The Morgan fingerprint density at radius 3 is 2.50 bits per heavy atom. The number of amidine groups is 1. The number of halogens is 1. The van der Waals surface area contributed by atoms with Crippen molar-refractivity contribution < 1.29 is 17.9 Å². The summed E-state index contributed by atoms with van der Waals surface area (Å²) in [7, 11) is -3.11. The van der Waals surface area contributed by atoms with Gasteiger partial charge >= 0.3 is 0 Å². The average molecular weight is 465 g/mol. The summed E-state index contributed by atoms with van der Waals surface area (Å²) in [6.45, 7) is 3.75. The van der Waals surface area contributed by atoms with Gasteiger partial charge in [-0.25, -0.2) is 8.42 Å². The van der Waals surface area contributed by atoms with Crippen molar-refractivity contribution in [2.45, 2.75) is 25.1 Å². The Balaban J connectivity index is 1.60. The first-order valence-corrected chi connectivity index (χ1v) is 12.5. The third-order valence-corrected chi connectivity index (χ3v) is 8.60. The molecule has 30 heavy (non-hydrogen) atoms. The molecule has 0 saturated carbocycles. The molecule has 0 aromatic heterocycles. The molecule has 2 aliphatic heterocycles. The Morgan fingerprint density at radius 1 is 1.17 bits per heavy atom. The van der Waals surface area contributed by atoms with Crippen molar-refractivity contribution in [3.05, 3.63) is 58.6 Å². The van der Waals surface area contributed by atoms with Crippen LogP contribution in [0.15, 0.2) is 47.5 Å². The number of sulfone groups is 1. The number of anilines is 1. The lowest BCUT2D eigenvalue weighted by Crippen LogP contribution is -2.38. The lowest BCUT2D eigenvalue weighted by atomic mass is 10.1. The number of hydrogen-bond acceptors (Lipinski definition) is 5. The third kappa shape index (κ3) is 4.36. The fraction of sp³-hybridized carbons (Fsp3) is 0.333. The summed E-state index contributed by atoms with van der Waals surface area (Å²) in [6.07, 6.45) is 0. The van der Waals surface area contributed by atoms with E-state index in [2.05, 4.69) is 4.99 Å². The second kappa shape index (κ2) is 8.24. The van der Waals surface area contributed by atoms with Crippen molar-refractivity contribution in [3.8, 4) is 5.75 Å². The van der Waals surface area contributed by atoms with E-state index in [1.54, 1.807) is 24.3 Å². The number of rotatable bonds is 4. The quantitative estimate of drug-likeness (QED) is 0.687. The lowest BCUT2D eigenvalue weighted by molar-refractivity contribution is -0.119. The molecule has 2 aromatic carbocycles. The minimum atomic E-state index is -3.11. The van der Waals surface area contributed by atoms with Crippen LogP contribution in [0, 0.1) is 13.8 Å². The molecule has 0 unspecified atom stereocenters. The maximum absolute atomic E-state index is 12.5. The van der Waals surface area contributed by atoms with E-state index in [9.17, 15) is 13.2 Å². The highest BCUT2D eigenvalue weighted by atomic mass is 35.5. The Bertz CT molecular complexity index is 1100. The zero-order valence-corrected chi connectivity index (χ0v) is 18.9. The molecule has 0 N–H and O–H groups in total. The molecule has 2 atom stereocenters. The Morgan fingerprint density at radius 2 is 1.83 bits per heavy atom. The molecule has 9 heteroatoms. The molecule has 2 heterocycles. The van der Waals surface area contributed by atoms with E-state index < -0.39 is 15.7 Å². The van der Waals surface area contributed by atoms with Crippen LogP contribution in [-0.4, -0.2) is 48.9 Å². The zero-order valence-electron chi connectivity index (χ0n) is 16.5. The molecular weight excluding hydrogens is 444 g/mol. The molecule has 2 aromatic rings. The fourth-order valence-corrected chi connectivity index (χ4v) is 7.87. The van der Waals surface area contributed by atoms with E-state index in [4.69, 9.17) is 16.3 Å². The molecule has 6 nitrogen and oxygen atoms in total. The highest BCUT2D eigenvalue weighted by Gasteiger charge is 2.49. The first-order chi connectivity index (χ1) is 14.2. The van der Waals surface area contributed by atoms with Crippen LogP contribution >= 0.6 is 23.4 Å². The molecule has 0 spiro atoms. The van der Waals surface area contributed by atoms with Gasteiger partial charge in [0.2, 0.25) is 0 Å². The smallest absolute Gasteiger partial charge is 0.285 e. The summed E-state index contributed by atoms with van der Waals surface area (Å²) in [5.41, 5.74) is 2.94. The van der Waals surface area contributed by atoms with E-state index in [1.807, 2.05) is 36.9 Å². The van der Waals surface area contributed by atoms with Crippen LogP contribution in [0.2, 0.25) is 5.02 Å². The number of thioether (sulfide) groups is 1. The minimum Gasteiger partial charge on any atom is -0.484 e. The largest absolute Gasteiger partial charge is 0.484 e. The van der Waals surface area contributed by atoms with E-state index in [1.165, 1.54) is 11.8 Å². The van der Waals surface area contributed by atoms with Gasteiger partial charge in [0.05, 0.1) is 17.5 Å². The maximum Gasteiger partial charge on any atom is 0.285 e. The van der Waals surface area contributed by atoms with E-state index >= 15 is 0 Å². The number of para-hydroxylation sites is 1. The average Bonchev–Trinajstić information content (AvgIpc) is 3.13. The summed E-state index contributed by atoms with van der Waals surface area (Å²) in [5, 5.41) is 0.974. The topological polar surface area (TPSA) is 76.0 Å². The van der Waals surface area contributed by atoms with Gasteiger partial charge < -0.3 is 9.64 Å². The number of carbonyl (C=O) groups is 1. The van der Waals surface area contributed by atoms with Crippen molar-refractivity contribution >= 4 is 50.0 Å². The first-order valence-electron chi connectivity index (χ1n) is 9.46. The lowest BCUT2D eigenvalue weighted by Gasteiger charge is -2.27. The molecule has 0 aliphatic carbocycles. The molecule has 1 amide bonds. The Hall–Kier alpha value is -2.03. The molecule has 2 aliphatic rings. The van der Waals surface area contributed by atoms with Gasteiger partial charge in [-0.3, -0.25) is 4.79 Å². The van der Waals surface area contributed by atoms with Crippen LogP contribution in [0.3, 0.4) is 0 Å². The van der Waals surface area contributed by atoms with Crippen LogP contribution in [0.4, 0.5) is 5.69 Å².